The molecule has 0 N–H and O–H groups in total. The molecule has 0 radical (unpaired) electrons. The molecule has 5 heteroatoms. The van der Waals surface area contributed by atoms with Crippen LogP contribution in [0.15, 0.2) is 78.9 Å². The smallest absolute Gasteiger partial charge is 0.349 e. The Morgan fingerprint density at radius 3 is 2.45 bits per heavy atom. The highest BCUT2D eigenvalue weighted by Gasteiger charge is 2.14. The number of para-hydroxylation sites is 1. The Bertz CT molecular complexity index is 1040. The molecule has 0 aliphatic rings. The molecule has 0 saturated carbocycles. The molecule has 0 aliphatic heterocycles. The number of carbonyl (C=O) groups is 2. The summed E-state index contributed by atoms with van der Waals surface area (Å²) in [6.07, 6.45) is 2.55. The topological polar surface area (TPSA) is 61.8 Å². The molecule has 0 fully saturated rings. The number of hydrogen-bond donors (Lipinski definition) is 0. The van der Waals surface area contributed by atoms with E-state index >= 15 is 0 Å². The molecule has 1 unspecified atom stereocenters. The van der Waals surface area contributed by atoms with Crippen molar-refractivity contribution in [2.24, 2.45) is 0 Å². The lowest BCUT2D eigenvalue weighted by molar-refractivity contribution is -0.136. The van der Waals surface area contributed by atoms with Crippen LogP contribution in [0.2, 0.25) is 0 Å². The first-order chi connectivity index (χ1) is 16.1. The monoisotopic (exact) mass is 446 g/mol. The highest BCUT2D eigenvalue weighted by molar-refractivity contribution is 5.90. The van der Waals surface area contributed by atoms with Gasteiger partial charge >= 0.3 is 11.9 Å². The highest BCUT2D eigenvalue weighted by atomic mass is 16.6. The number of esters is 2. The van der Waals surface area contributed by atoms with Gasteiger partial charge in [-0.1, -0.05) is 68.4 Å². The summed E-state index contributed by atoms with van der Waals surface area (Å²) in [6.45, 7) is 4.33. The largest absolute Gasteiger partial charge is 0.482 e. The zero-order valence-corrected chi connectivity index (χ0v) is 19.2. The van der Waals surface area contributed by atoms with Gasteiger partial charge in [-0.25, -0.2) is 9.59 Å². The second-order valence-corrected chi connectivity index (χ2v) is 7.86. The minimum absolute atomic E-state index is 0.221. The molecule has 33 heavy (non-hydrogen) atoms. The van der Waals surface area contributed by atoms with Gasteiger partial charge in [-0.05, 0) is 60.6 Å². The van der Waals surface area contributed by atoms with Crippen LogP contribution < -0.4 is 9.47 Å². The summed E-state index contributed by atoms with van der Waals surface area (Å²) in [6, 6.07) is 24.2. The van der Waals surface area contributed by atoms with E-state index in [-0.39, 0.29) is 12.4 Å². The maximum absolute atomic E-state index is 12.3. The van der Waals surface area contributed by atoms with Gasteiger partial charge in [0.05, 0.1) is 12.2 Å². The SMILES string of the molecule is CCC(C)c1ccccc1OCC(=O)Oc1cccc(C(=O)OCCCc2ccccc2)c1. The summed E-state index contributed by atoms with van der Waals surface area (Å²) in [5.41, 5.74) is 2.60. The number of rotatable bonds is 11. The molecule has 0 heterocycles. The van der Waals surface area contributed by atoms with Crippen LogP contribution in [-0.4, -0.2) is 25.2 Å². The summed E-state index contributed by atoms with van der Waals surface area (Å²) >= 11 is 0. The van der Waals surface area contributed by atoms with Gasteiger partial charge in [-0.15, -0.1) is 0 Å². The normalized spacial score (nSPS) is 11.5. The fourth-order valence-corrected chi connectivity index (χ4v) is 3.39. The molecule has 0 bridgehead atoms. The lowest BCUT2D eigenvalue weighted by atomic mass is 9.98. The Kier molecular flexibility index (Phi) is 9.07. The Balaban J connectivity index is 1.48. The van der Waals surface area contributed by atoms with Crippen molar-refractivity contribution in [3.05, 3.63) is 95.6 Å². The molecule has 1 atom stereocenters. The molecule has 0 amide bonds. The fraction of sp³-hybridized carbons (Fsp3) is 0.286. The Morgan fingerprint density at radius 1 is 0.909 bits per heavy atom. The first kappa shape index (κ1) is 24.1. The van der Waals surface area contributed by atoms with Crippen molar-refractivity contribution in [2.45, 2.75) is 39.0 Å². The van der Waals surface area contributed by atoms with Crippen molar-refractivity contribution < 1.29 is 23.8 Å². The minimum atomic E-state index is -0.540. The van der Waals surface area contributed by atoms with E-state index in [1.54, 1.807) is 18.2 Å². The molecule has 5 nitrogen and oxygen atoms in total. The van der Waals surface area contributed by atoms with Crippen LogP contribution in [0.25, 0.3) is 0 Å². The van der Waals surface area contributed by atoms with E-state index in [4.69, 9.17) is 14.2 Å². The number of carbonyl (C=O) groups excluding carboxylic acids is 2. The molecule has 0 saturated heterocycles. The Hall–Kier alpha value is -3.60. The van der Waals surface area contributed by atoms with E-state index in [1.807, 2.05) is 54.6 Å². The van der Waals surface area contributed by atoms with Crippen molar-refractivity contribution in [2.75, 3.05) is 13.2 Å². The second kappa shape index (κ2) is 12.4. The van der Waals surface area contributed by atoms with Crippen LogP contribution in [0.5, 0.6) is 11.5 Å². The Labute approximate surface area is 195 Å². The van der Waals surface area contributed by atoms with Gasteiger partial charge in [-0.3, -0.25) is 0 Å². The molecule has 3 rings (SSSR count). The summed E-state index contributed by atoms with van der Waals surface area (Å²) in [4.78, 5) is 24.6. The third-order valence-electron chi connectivity index (χ3n) is 5.40. The minimum Gasteiger partial charge on any atom is -0.482 e. The van der Waals surface area contributed by atoms with E-state index in [0.29, 0.717) is 23.8 Å². The van der Waals surface area contributed by atoms with E-state index in [1.165, 1.54) is 11.6 Å². The molecule has 172 valence electrons. The lowest BCUT2D eigenvalue weighted by Crippen LogP contribution is -2.18. The first-order valence-corrected chi connectivity index (χ1v) is 11.3. The predicted octanol–water partition coefficient (Wildman–Crippen LogP) is 5.97. The lowest BCUT2D eigenvalue weighted by Gasteiger charge is -2.15. The third-order valence-corrected chi connectivity index (χ3v) is 5.40. The zero-order valence-electron chi connectivity index (χ0n) is 19.2. The van der Waals surface area contributed by atoms with E-state index < -0.39 is 11.9 Å². The maximum atomic E-state index is 12.3. The second-order valence-electron chi connectivity index (χ2n) is 7.86. The summed E-state index contributed by atoms with van der Waals surface area (Å²) in [5.74, 6) is 0.295. The molecule has 0 aliphatic carbocycles. The summed E-state index contributed by atoms with van der Waals surface area (Å²) in [5, 5.41) is 0. The van der Waals surface area contributed by atoms with Gasteiger partial charge in [-0.2, -0.15) is 0 Å². The van der Waals surface area contributed by atoms with Crippen LogP contribution >= 0.6 is 0 Å². The molecular weight excluding hydrogens is 416 g/mol. The average Bonchev–Trinajstić information content (AvgIpc) is 2.85. The number of benzene rings is 3. The maximum Gasteiger partial charge on any atom is 0.349 e. The summed E-state index contributed by atoms with van der Waals surface area (Å²) in [7, 11) is 0. The van der Waals surface area contributed by atoms with Crippen LogP contribution in [0, 0.1) is 0 Å². The first-order valence-electron chi connectivity index (χ1n) is 11.3. The van der Waals surface area contributed by atoms with E-state index in [0.717, 1.165) is 24.8 Å². The van der Waals surface area contributed by atoms with Crippen molar-refractivity contribution in [1.82, 2.24) is 0 Å². The van der Waals surface area contributed by atoms with Gasteiger partial charge in [0.1, 0.15) is 11.5 Å². The predicted molar refractivity (Wildman–Crippen MR) is 128 cm³/mol. The van der Waals surface area contributed by atoms with Crippen molar-refractivity contribution >= 4 is 11.9 Å². The van der Waals surface area contributed by atoms with Gasteiger partial charge in [0.2, 0.25) is 0 Å². The van der Waals surface area contributed by atoms with E-state index in [9.17, 15) is 9.59 Å². The fourth-order valence-electron chi connectivity index (χ4n) is 3.39. The number of aryl methyl sites for hydroxylation is 1. The number of hydrogen-bond acceptors (Lipinski definition) is 5. The van der Waals surface area contributed by atoms with Crippen molar-refractivity contribution in [1.29, 1.82) is 0 Å². The van der Waals surface area contributed by atoms with Gasteiger partial charge in [0.15, 0.2) is 6.61 Å². The van der Waals surface area contributed by atoms with Crippen LogP contribution in [0.3, 0.4) is 0 Å². The molecule has 3 aromatic rings. The number of ether oxygens (including phenoxy) is 3. The van der Waals surface area contributed by atoms with Crippen molar-refractivity contribution in [3.63, 3.8) is 0 Å². The van der Waals surface area contributed by atoms with E-state index in [2.05, 4.69) is 13.8 Å². The third kappa shape index (κ3) is 7.49. The zero-order chi connectivity index (χ0) is 23.5. The molecule has 0 spiro atoms. The van der Waals surface area contributed by atoms with Gasteiger partial charge in [0.25, 0.3) is 0 Å². The quantitative estimate of drug-likeness (QED) is 0.206. The molecular formula is C28H30O5. The van der Waals surface area contributed by atoms with Crippen LogP contribution in [-0.2, 0) is 16.0 Å². The van der Waals surface area contributed by atoms with Crippen LogP contribution in [0.4, 0.5) is 0 Å². The van der Waals surface area contributed by atoms with Crippen LogP contribution in [0.1, 0.15) is 54.1 Å². The van der Waals surface area contributed by atoms with Crippen molar-refractivity contribution in [3.8, 4) is 11.5 Å². The highest BCUT2D eigenvalue weighted by Crippen LogP contribution is 2.28. The molecule has 0 aromatic heterocycles. The van der Waals surface area contributed by atoms with Gasteiger partial charge < -0.3 is 14.2 Å². The summed E-state index contributed by atoms with van der Waals surface area (Å²) < 4.78 is 16.4. The Morgan fingerprint density at radius 2 is 1.67 bits per heavy atom. The average molecular weight is 447 g/mol. The molecule has 3 aromatic carbocycles. The standard InChI is InChI=1S/C28H30O5/c1-3-21(2)25-16-7-8-17-26(25)32-20-27(29)33-24-15-9-14-23(19-24)28(30)31-18-10-13-22-11-5-4-6-12-22/h4-9,11-12,14-17,19,21H,3,10,13,18,20H2,1-2H3. The van der Waals surface area contributed by atoms with Gasteiger partial charge in [0, 0.05) is 0 Å².